The van der Waals surface area contributed by atoms with E-state index in [1.54, 1.807) is 27.7 Å². The maximum absolute atomic E-state index is 13.4. The molecule has 4 amide bonds. The number of amides is 4. The molecule has 0 heterocycles. The van der Waals surface area contributed by atoms with Crippen molar-refractivity contribution in [3.8, 4) is 0 Å². The Hall–Kier alpha value is -4.48. The van der Waals surface area contributed by atoms with Crippen LogP contribution in [0.25, 0.3) is 0 Å². The van der Waals surface area contributed by atoms with Crippen LogP contribution in [0, 0.1) is 11.8 Å². The molecule has 0 rings (SSSR count). The van der Waals surface area contributed by atoms with Crippen molar-refractivity contribution in [3.63, 3.8) is 0 Å². The summed E-state index contributed by atoms with van der Waals surface area (Å²) in [6.45, 7) is 8.56. The summed E-state index contributed by atoms with van der Waals surface area (Å²) in [7, 11) is 1.19. The van der Waals surface area contributed by atoms with Crippen LogP contribution in [0.3, 0.4) is 0 Å². The summed E-state index contributed by atoms with van der Waals surface area (Å²) >= 11 is 0. The zero-order valence-electron chi connectivity index (χ0n) is 28.9. The van der Waals surface area contributed by atoms with Gasteiger partial charge in [-0.1, -0.05) is 34.1 Å². The molecule has 0 unspecified atom stereocenters. The van der Waals surface area contributed by atoms with Crippen molar-refractivity contribution < 1.29 is 48.5 Å². The lowest BCUT2D eigenvalue weighted by Crippen LogP contribution is -2.59. The number of hydrogen-bond acceptors (Lipinski definition) is 10. The van der Waals surface area contributed by atoms with Crippen molar-refractivity contribution in [3.05, 3.63) is 0 Å². The summed E-state index contributed by atoms with van der Waals surface area (Å²) in [6, 6.07) is -4.51. The van der Waals surface area contributed by atoms with Crippen LogP contribution in [0.15, 0.2) is 4.99 Å². The molecular weight excluding hydrogens is 632 g/mol. The summed E-state index contributed by atoms with van der Waals surface area (Å²) < 4.78 is 4.76. The Morgan fingerprint density at radius 3 is 1.71 bits per heavy atom. The summed E-state index contributed by atoms with van der Waals surface area (Å²) in [4.78, 5) is 88.8. The maximum Gasteiger partial charge on any atom is 0.328 e. The number of unbranched alkanes of at least 4 members (excludes halogenated alkanes) is 2. The lowest BCUT2D eigenvalue weighted by Gasteiger charge is -2.28. The Morgan fingerprint density at radius 2 is 1.23 bits per heavy atom. The highest BCUT2D eigenvalue weighted by Gasteiger charge is 2.33. The van der Waals surface area contributed by atoms with E-state index in [1.807, 2.05) is 0 Å². The van der Waals surface area contributed by atoms with Crippen LogP contribution in [-0.2, 0) is 38.3 Å². The highest BCUT2D eigenvalue weighted by atomic mass is 16.5. The van der Waals surface area contributed by atoms with Crippen LogP contribution >= 0.6 is 0 Å². The summed E-state index contributed by atoms with van der Waals surface area (Å²) in [5.41, 5.74) is 16.2. The van der Waals surface area contributed by atoms with Crippen LogP contribution < -0.4 is 38.5 Å². The third-order valence-electron chi connectivity index (χ3n) is 6.65. The number of hydrogen-bond donors (Lipinski definition) is 9. The molecule has 0 aromatic heterocycles. The molecule has 4 atom stereocenters. The average Bonchev–Trinajstić information content (AvgIpc) is 2.98. The zero-order chi connectivity index (χ0) is 37.4. The summed E-state index contributed by atoms with van der Waals surface area (Å²) in [5, 5.41) is 27.0. The molecular formula is C30H56N8O10. The second-order valence-corrected chi connectivity index (χ2v) is 11.7. The van der Waals surface area contributed by atoms with Gasteiger partial charge in [-0.15, -0.1) is 0 Å². The smallest absolute Gasteiger partial charge is 0.328 e. The lowest BCUT2D eigenvalue weighted by molar-refractivity contribution is -0.147. The van der Waals surface area contributed by atoms with Gasteiger partial charge in [0.2, 0.25) is 23.6 Å². The van der Waals surface area contributed by atoms with E-state index in [-0.39, 0.29) is 43.6 Å². The molecule has 0 aliphatic carbocycles. The molecule has 0 bridgehead atoms. The number of methoxy groups -OCH3 is 1. The molecule has 0 radical (unpaired) electrons. The van der Waals surface area contributed by atoms with Crippen LogP contribution in [-0.4, -0.2) is 102 Å². The number of aliphatic carboxylic acids is 2. The van der Waals surface area contributed by atoms with E-state index in [9.17, 15) is 33.9 Å². The highest BCUT2D eigenvalue weighted by Crippen LogP contribution is 2.10. The van der Waals surface area contributed by atoms with Gasteiger partial charge in [-0.05, 0) is 50.5 Å². The number of carboxylic acid groups (broad SMARTS) is 2. The second kappa shape index (κ2) is 25.6. The van der Waals surface area contributed by atoms with Gasteiger partial charge in [-0.2, -0.15) is 0 Å². The fourth-order valence-corrected chi connectivity index (χ4v) is 4.11. The van der Waals surface area contributed by atoms with Gasteiger partial charge in [0.05, 0.1) is 7.11 Å². The molecule has 0 spiro atoms. The largest absolute Gasteiger partial charge is 0.481 e. The van der Waals surface area contributed by atoms with Gasteiger partial charge >= 0.3 is 11.9 Å². The van der Waals surface area contributed by atoms with E-state index in [0.29, 0.717) is 19.4 Å². The predicted octanol–water partition coefficient (Wildman–Crippen LogP) is -1.06. The van der Waals surface area contributed by atoms with E-state index in [1.165, 1.54) is 7.11 Å². The maximum atomic E-state index is 13.4. The first-order valence-corrected chi connectivity index (χ1v) is 15.8. The number of carbonyl (C=O) groups excluding carboxylic acids is 5. The molecule has 0 saturated carbocycles. The molecule has 0 fully saturated rings. The highest BCUT2D eigenvalue weighted by molar-refractivity contribution is 5.95. The minimum Gasteiger partial charge on any atom is -0.481 e. The van der Waals surface area contributed by atoms with Crippen molar-refractivity contribution in [2.45, 2.75) is 110 Å². The van der Waals surface area contributed by atoms with Crippen molar-refractivity contribution in [1.82, 2.24) is 21.3 Å². The third kappa shape index (κ3) is 22.1. The Labute approximate surface area is 281 Å². The van der Waals surface area contributed by atoms with Crippen LogP contribution in [0.1, 0.15) is 86.0 Å². The number of ether oxygens (including phenoxy) is 1. The molecule has 12 N–H and O–H groups in total. The normalized spacial score (nSPS) is 13.0. The predicted molar refractivity (Wildman–Crippen MR) is 177 cm³/mol. The van der Waals surface area contributed by atoms with E-state index < -0.39 is 72.1 Å². The van der Waals surface area contributed by atoms with Gasteiger partial charge < -0.3 is 53.4 Å². The number of aliphatic imine (C=N–C) groups is 1. The quantitative estimate of drug-likeness (QED) is 0.0284. The van der Waals surface area contributed by atoms with Gasteiger partial charge in [-0.25, -0.2) is 4.79 Å². The minimum absolute atomic E-state index is 0.129. The molecule has 18 heteroatoms. The molecule has 0 aromatic carbocycles. The Balaban J connectivity index is 0. The van der Waals surface area contributed by atoms with Crippen molar-refractivity contribution in [2.75, 3.05) is 20.2 Å². The van der Waals surface area contributed by atoms with Crippen molar-refractivity contribution in [2.24, 2.45) is 34.0 Å². The first kappa shape index (κ1) is 45.6. The van der Waals surface area contributed by atoms with Crippen molar-refractivity contribution in [1.29, 1.82) is 0 Å². The van der Waals surface area contributed by atoms with E-state index >= 15 is 0 Å². The molecule has 0 aliphatic rings. The monoisotopic (exact) mass is 688 g/mol. The third-order valence-corrected chi connectivity index (χ3v) is 6.65. The molecule has 0 aromatic rings. The molecule has 48 heavy (non-hydrogen) atoms. The number of guanidine groups is 1. The first-order chi connectivity index (χ1) is 22.4. The fourth-order valence-electron chi connectivity index (χ4n) is 4.11. The number of carbonyl (C=O) groups is 7. The van der Waals surface area contributed by atoms with Gasteiger partial charge in [-0.3, -0.25) is 33.8 Å². The Kier molecular flexibility index (Phi) is 24.3. The van der Waals surface area contributed by atoms with Crippen LogP contribution in [0.2, 0.25) is 0 Å². The molecule has 0 saturated heterocycles. The number of rotatable bonds is 22. The average molecular weight is 689 g/mol. The summed E-state index contributed by atoms with van der Waals surface area (Å²) in [5.74, 6) is -6.12. The summed E-state index contributed by atoms with van der Waals surface area (Å²) in [6.07, 6.45) is 1.93. The SMILES string of the molecule is CC(=O)O.COC(=O)[C@@H](NC(=O)[C@@H](NC(=O)[C@H](CCC(=O)O)NC(=O)[C@H](CCCN=C(N)N)NC(=O)CCCCCN)C(C)C)C(C)C. The number of carboxylic acids is 2. The number of nitrogens with one attached hydrogen (secondary N) is 4. The van der Waals surface area contributed by atoms with Gasteiger partial charge in [0.1, 0.15) is 24.2 Å². The van der Waals surface area contributed by atoms with Crippen molar-refractivity contribution >= 4 is 47.5 Å². The van der Waals surface area contributed by atoms with Crippen LogP contribution in [0.5, 0.6) is 0 Å². The number of nitrogens with zero attached hydrogens (tertiary/aromatic N) is 1. The number of nitrogens with two attached hydrogens (primary N) is 3. The molecule has 18 nitrogen and oxygen atoms in total. The molecule has 276 valence electrons. The Morgan fingerprint density at radius 1 is 0.708 bits per heavy atom. The van der Waals surface area contributed by atoms with Gasteiger partial charge in [0.25, 0.3) is 5.97 Å². The lowest BCUT2D eigenvalue weighted by atomic mass is 9.99. The van der Waals surface area contributed by atoms with E-state index in [4.69, 9.17) is 31.8 Å². The van der Waals surface area contributed by atoms with E-state index in [0.717, 1.165) is 19.8 Å². The zero-order valence-corrected chi connectivity index (χ0v) is 28.9. The standard InChI is InChI=1S/C28H52N8O8.C2H4O2/c1-16(2)22(26(42)36-23(17(3)4)27(43)44-5)35-25(41)19(12-13-21(38)39)34-24(40)18(10-9-15-32-28(30)31)33-20(37)11-7-6-8-14-29;1-2(3)4/h16-19,22-23H,6-15,29H2,1-5H3,(H,33,37)(H,34,40)(H,35,41)(H,36,42)(H,38,39)(H4,30,31,32);1H3,(H,3,4)/t18-,19-,22-,23-;/m0./s1. The Bertz CT molecular complexity index is 1080. The van der Waals surface area contributed by atoms with E-state index in [2.05, 4.69) is 26.3 Å². The fraction of sp³-hybridized carbons (Fsp3) is 0.733. The first-order valence-electron chi connectivity index (χ1n) is 15.8. The second-order valence-electron chi connectivity index (χ2n) is 11.7. The molecule has 0 aliphatic heterocycles. The minimum atomic E-state index is -1.35. The van der Waals surface area contributed by atoms with Crippen LogP contribution in [0.4, 0.5) is 0 Å². The van der Waals surface area contributed by atoms with Gasteiger partial charge in [0.15, 0.2) is 5.96 Å². The van der Waals surface area contributed by atoms with Gasteiger partial charge in [0, 0.05) is 26.3 Å². The number of esters is 1. The topological polar surface area (TPSA) is 308 Å².